The summed E-state index contributed by atoms with van der Waals surface area (Å²) in [7, 11) is 0. The van der Waals surface area contributed by atoms with E-state index in [-0.39, 0.29) is 18.6 Å². The lowest BCUT2D eigenvalue weighted by atomic mass is 10.0. The number of aliphatic carboxylic acids is 1. The van der Waals surface area contributed by atoms with Crippen LogP contribution in [0.4, 0.5) is 0 Å². The van der Waals surface area contributed by atoms with Crippen LogP contribution in [0.1, 0.15) is 17.5 Å². The first-order chi connectivity index (χ1) is 17.0. The highest BCUT2D eigenvalue weighted by molar-refractivity contribution is 5.95. The van der Waals surface area contributed by atoms with E-state index in [0.717, 1.165) is 0 Å². The van der Waals surface area contributed by atoms with Gasteiger partial charge in [-0.25, -0.2) is 0 Å². The number of hydrogen-bond acceptors (Lipinski definition) is 7. The number of benzene rings is 2. The molecule has 4 amide bonds. The van der Waals surface area contributed by atoms with E-state index in [1.54, 1.807) is 42.5 Å². The summed E-state index contributed by atoms with van der Waals surface area (Å²) in [6.07, 6.45) is -0.401. The molecule has 0 aliphatic rings. The van der Waals surface area contributed by atoms with Gasteiger partial charge < -0.3 is 37.6 Å². The van der Waals surface area contributed by atoms with Crippen molar-refractivity contribution in [3.05, 3.63) is 65.7 Å². The van der Waals surface area contributed by atoms with Gasteiger partial charge in [0.2, 0.25) is 23.6 Å². The molecule has 2 rings (SSSR count). The molecule has 0 aliphatic heterocycles. The fourth-order valence-corrected chi connectivity index (χ4v) is 3.28. The second kappa shape index (κ2) is 13.4. The Balaban J connectivity index is 2.25. The van der Waals surface area contributed by atoms with Gasteiger partial charge in [-0.2, -0.15) is 0 Å². The Labute approximate surface area is 207 Å². The number of primary amides is 1. The number of nitrogens with two attached hydrogens (primary N) is 2. The second-order valence-corrected chi connectivity index (χ2v) is 8.07. The van der Waals surface area contributed by atoms with Crippen LogP contribution in [0.2, 0.25) is 0 Å². The first-order valence-corrected chi connectivity index (χ1v) is 11.0. The fourth-order valence-electron chi connectivity index (χ4n) is 3.28. The van der Waals surface area contributed by atoms with E-state index in [0.29, 0.717) is 11.1 Å². The lowest BCUT2D eigenvalue weighted by molar-refractivity contribution is -0.138. The summed E-state index contributed by atoms with van der Waals surface area (Å²) in [5.41, 5.74) is 12.1. The van der Waals surface area contributed by atoms with Crippen molar-refractivity contribution in [2.24, 2.45) is 11.5 Å². The molecule has 12 heteroatoms. The number of carbonyl (C=O) groups excluding carboxylic acids is 4. The van der Waals surface area contributed by atoms with Gasteiger partial charge in [0.05, 0.1) is 12.5 Å². The Kier molecular flexibility index (Phi) is 10.4. The zero-order valence-corrected chi connectivity index (χ0v) is 19.3. The van der Waals surface area contributed by atoms with Crippen LogP contribution in [-0.4, -0.2) is 64.5 Å². The molecule has 192 valence electrons. The molecule has 0 fully saturated rings. The number of rotatable bonds is 13. The number of carboxylic acid groups (broad SMARTS) is 1. The number of phenolic OH excluding ortho intramolecular Hbond substituents is 1. The van der Waals surface area contributed by atoms with Crippen LogP contribution in [0.15, 0.2) is 54.6 Å². The molecule has 0 spiro atoms. The van der Waals surface area contributed by atoms with Crippen LogP contribution in [0, 0.1) is 0 Å². The SMILES string of the molecule is NC(=O)CC(N)C(=O)NC(Cc1ccccc1)C(=O)NC(Cc1ccc(O)cc1)C(=O)NCC(=O)O. The molecule has 0 aromatic heterocycles. The molecule has 0 radical (unpaired) electrons. The van der Waals surface area contributed by atoms with Gasteiger partial charge in [-0.15, -0.1) is 0 Å². The van der Waals surface area contributed by atoms with Crippen molar-refractivity contribution in [1.29, 1.82) is 0 Å². The van der Waals surface area contributed by atoms with Gasteiger partial charge in [0.1, 0.15) is 24.4 Å². The highest BCUT2D eigenvalue weighted by atomic mass is 16.4. The molecule has 0 aliphatic carbocycles. The van der Waals surface area contributed by atoms with Gasteiger partial charge in [-0.05, 0) is 23.3 Å². The zero-order valence-electron chi connectivity index (χ0n) is 19.3. The van der Waals surface area contributed by atoms with Crippen molar-refractivity contribution < 1.29 is 34.2 Å². The minimum Gasteiger partial charge on any atom is -0.508 e. The minimum absolute atomic E-state index is 0.00704. The highest BCUT2D eigenvalue weighted by Crippen LogP contribution is 2.12. The number of hydrogen-bond donors (Lipinski definition) is 7. The van der Waals surface area contributed by atoms with Crippen molar-refractivity contribution in [3.63, 3.8) is 0 Å². The summed E-state index contributed by atoms with van der Waals surface area (Å²) in [6, 6.07) is 11.0. The molecular weight excluding hydrogens is 470 g/mol. The average molecular weight is 500 g/mol. The standard InChI is InChI=1S/C24H29N5O7/c25-17(12-20(26)31)22(34)28-19(10-14-4-2-1-3-5-14)24(36)29-18(23(35)27-13-21(32)33)11-15-6-8-16(30)9-7-15/h1-9,17-19,30H,10-13,25H2,(H2,26,31)(H,27,35)(H,28,34)(H,29,36)(H,32,33). The number of amides is 4. The van der Waals surface area contributed by atoms with Gasteiger partial charge in [-0.1, -0.05) is 42.5 Å². The van der Waals surface area contributed by atoms with Crippen molar-refractivity contribution in [3.8, 4) is 5.75 Å². The topological polar surface area (TPSA) is 214 Å². The Hall–Kier alpha value is -4.45. The Morgan fingerprint density at radius 1 is 0.778 bits per heavy atom. The molecular formula is C24H29N5O7. The molecule has 0 saturated carbocycles. The molecule has 2 aromatic rings. The summed E-state index contributed by atoms with van der Waals surface area (Å²) in [4.78, 5) is 60.5. The third-order valence-corrected chi connectivity index (χ3v) is 5.10. The largest absolute Gasteiger partial charge is 0.508 e. The first-order valence-electron chi connectivity index (χ1n) is 11.0. The van der Waals surface area contributed by atoms with Crippen LogP contribution in [0.5, 0.6) is 5.75 Å². The van der Waals surface area contributed by atoms with Gasteiger partial charge >= 0.3 is 5.97 Å². The Bertz CT molecular complexity index is 1080. The predicted molar refractivity (Wildman–Crippen MR) is 128 cm³/mol. The van der Waals surface area contributed by atoms with E-state index in [2.05, 4.69) is 16.0 Å². The molecule has 0 saturated heterocycles. The minimum atomic E-state index is -1.28. The van der Waals surface area contributed by atoms with E-state index in [1.807, 2.05) is 0 Å². The van der Waals surface area contributed by atoms with E-state index in [4.69, 9.17) is 16.6 Å². The monoisotopic (exact) mass is 499 g/mol. The molecule has 3 atom stereocenters. The summed E-state index contributed by atoms with van der Waals surface area (Å²) < 4.78 is 0. The fraction of sp³-hybridized carbons (Fsp3) is 0.292. The third kappa shape index (κ3) is 9.43. The van der Waals surface area contributed by atoms with Crippen LogP contribution in [0.3, 0.4) is 0 Å². The third-order valence-electron chi connectivity index (χ3n) is 5.10. The number of phenols is 1. The molecule has 0 heterocycles. The number of nitrogens with one attached hydrogen (secondary N) is 3. The lowest BCUT2D eigenvalue weighted by Crippen LogP contribution is -2.57. The van der Waals surface area contributed by atoms with Crippen molar-refractivity contribution in [2.75, 3.05) is 6.54 Å². The smallest absolute Gasteiger partial charge is 0.322 e. The van der Waals surface area contributed by atoms with Crippen LogP contribution >= 0.6 is 0 Å². The molecule has 9 N–H and O–H groups in total. The van der Waals surface area contributed by atoms with E-state index < -0.39 is 60.7 Å². The molecule has 36 heavy (non-hydrogen) atoms. The normalized spacial score (nSPS) is 13.0. The van der Waals surface area contributed by atoms with Gasteiger partial charge in [-0.3, -0.25) is 24.0 Å². The number of aromatic hydroxyl groups is 1. The molecule has 12 nitrogen and oxygen atoms in total. The Morgan fingerprint density at radius 2 is 1.31 bits per heavy atom. The maximum absolute atomic E-state index is 13.2. The van der Waals surface area contributed by atoms with Gasteiger partial charge in [0, 0.05) is 12.8 Å². The van der Waals surface area contributed by atoms with Crippen LogP contribution < -0.4 is 27.4 Å². The summed E-state index contributed by atoms with van der Waals surface area (Å²) in [6.45, 7) is -0.660. The van der Waals surface area contributed by atoms with Crippen LogP contribution in [0.25, 0.3) is 0 Å². The van der Waals surface area contributed by atoms with Crippen molar-refractivity contribution in [1.82, 2.24) is 16.0 Å². The first kappa shape index (κ1) is 27.8. The maximum Gasteiger partial charge on any atom is 0.322 e. The summed E-state index contributed by atoms with van der Waals surface area (Å²) in [5.74, 6) is -4.31. The zero-order chi connectivity index (χ0) is 26.7. The van der Waals surface area contributed by atoms with E-state index >= 15 is 0 Å². The van der Waals surface area contributed by atoms with Crippen molar-refractivity contribution >= 4 is 29.6 Å². The lowest BCUT2D eigenvalue weighted by Gasteiger charge is -2.24. The second-order valence-electron chi connectivity index (χ2n) is 8.07. The highest BCUT2D eigenvalue weighted by Gasteiger charge is 2.29. The predicted octanol–water partition coefficient (Wildman–Crippen LogP) is -1.45. The molecule has 0 bridgehead atoms. The van der Waals surface area contributed by atoms with E-state index in [9.17, 15) is 29.1 Å². The van der Waals surface area contributed by atoms with Gasteiger partial charge in [0.15, 0.2) is 0 Å². The van der Waals surface area contributed by atoms with E-state index in [1.165, 1.54) is 12.1 Å². The number of carbonyl (C=O) groups is 5. The van der Waals surface area contributed by atoms with Gasteiger partial charge in [0.25, 0.3) is 0 Å². The van der Waals surface area contributed by atoms with Crippen molar-refractivity contribution in [2.45, 2.75) is 37.4 Å². The Morgan fingerprint density at radius 3 is 1.86 bits per heavy atom. The van der Waals surface area contributed by atoms with Crippen LogP contribution in [-0.2, 0) is 36.8 Å². The average Bonchev–Trinajstić information content (AvgIpc) is 2.83. The number of carboxylic acids is 1. The quantitative estimate of drug-likeness (QED) is 0.173. The summed E-state index contributed by atoms with van der Waals surface area (Å²) in [5, 5.41) is 25.7. The maximum atomic E-state index is 13.2. The molecule has 3 unspecified atom stereocenters. The molecule has 2 aromatic carbocycles. The summed E-state index contributed by atoms with van der Waals surface area (Å²) >= 11 is 0.